The summed E-state index contributed by atoms with van der Waals surface area (Å²) in [5, 5.41) is 9.63. The highest BCUT2D eigenvalue weighted by Gasteiger charge is 2.14. The van der Waals surface area contributed by atoms with E-state index in [1.807, 2.05) is 55.8 Å². The van der Waals surface area contributed by atoms with Gasteiger partial charge in [0.05, 0.1) is 17.8 Å². The molecule has 0 radical (unpaired) electrons. The lowest BCUT2D eigenvalue weighted by atomic mass is 10.1. The molecule has 1 aromatic carbocycles. The Morgan fingerprint density at radius 3 is 2.57 bits per heavy atom. The van der Waals surface area contributed by atoms with Crippen LogP contribution in [0.5, 0.6) is 0 Å². The number of carbonyl (C=O) groups excluding carboxylic acids is 1. The zero-order valence-electron chi connectivity index (χ0n) is 13.4. The third-order valence-corrected chi connectivity index (χ3v) is 3.92. The Balaban J connectivity index is 1.73. The second-order valence-electron chi connectivity index (χ2n) is 5.54. The van der Waals surface area contributed by atoms with Crippen molar-refractivity contribution in [1.29, 1.82) is 0 Å². The van der Waals surface area contributed by atoms with E-state index in [0.717, 1.165) is 22.8 Å². The highest BCUT2D eigenvalue weighted by atomic mass is 16.1. The fraction of sp³-hybridized carbons (Fsp3) is 0.235. The van der Waals surface area contributed by atoms with Crippen LogP contribution in [0.2, 0.25) is 0 Å². The van der Waals surface area contributed by atoms with E-state index in [0.29, 0.717) is 5.56 Å². The van der Waals surface area contributed by atoms with E-state index in [9.17, 15) is 4.79 Å². The van der Waals surface area contributed by atoms with E-state index in [1.54, 1.807) is 12.4 Å². The quantitative estimate of drug-likeness (QED) is 0.778. The number of hydrogen-bond donors (Lipinski definition) is 2. The lowest BCUT2D eigenvalue weighted by molar-refractivity contribution is 0.0939. The van der Waals surface area contributed by atoms with Gasteiger partial charge in [0, 0.05) is 23.8 Å². The third kappa shape index (κ3) is 3.01. The van der Waals surface area contributed by atoms with Crippen molar-refractivity contribution in [3.05, 3.63) is 65.5 Å². The van der Waals surface area contributed by atoms with E-state index < -0.39 is 0 Å². The van der Waals surface area contributed by atoms with Crippen LogP contribution in [0.4, 0.5) is 0 Å². The van der Waals surface area contributed by atoms with Gasteiger partial charge in [0.2, 0.25) is 0 Å². The second-order valence-corrected chi connectivity index (χ2v) is 5.54. The predicted octanol–water partition coefficient (Wildman–Crippen LogP) is 2.70. The molecule has 0 unspecified atom stereocenters. The van der Waals surface area contributed by atoms with Gasteiger partial charge in [0.25, 0.3) is 5.91 Å². The molecule has 0 aliphatic carbocycles. The van der Waals surface area contributed by atoms with Crippen LogP contribution in [0.15, 0.2) is 42.9 Å². The molecule has 3 aromatic rings. The van der Waals surface area contributed by atoms with Crippen LogP contribution in [-0.2, 0) is 0 Å². The maximum absolute atomic E-state index is 12.2. The van der Waals surface area contributed by atoms with Gasteiger partial charge in [0.1, 0.15) is 5.82 Å². The van der Waals surface area contributed by atoms with Crippen molar-refractivity contribution in [2.45, 2.75) is 26.8 Å². The lowest BCUT2D eigenvalue weighted by Crippen LogP contribution is -2.26. The fourth-order valence-corrected chi connectivity index (χ4v) is 2.51. The third-order valence-electron chi connectivity index (χ3n) is 3.92. The number of nitrogens with one attached hydrogen (secondary N) is 2. The molecule has 6 nitrogen and oxygen atoms in total. The number of rotatable bonds is 4. The Morgan fingerprint density at radius 2 is 2.00 bits per heavy atom. The summed E-state index contributed by atoms with van der Waals surface area (Å²) in [6.07, 6.45) is 5.25. The Kier molecular flexibility index (Phi) is 3.97. The molecule has 3 rings (SSSR count). The maximum Gasteiger partial charge on any atom is 0.255 e. The zero-order chi connectivity index (χ0) is 16.4. The molecule has 0 aliphatic rings. The summed E-state index contributed by atoms with van der Waals surface area (Å²) in [4.78, 5) is 16.4. The summed E-state index contributed by atoms with van der Waals surface area (Å²) in [5.74, 6) is 0.813. The standard InChI is InChI=1S/C17H19N5O/c1-11(20-17(23)16-10-19-21-12(16)2)14-4-6-15(7-5-14)22-9-8-18-13(22)3/h4-11H,1-3H3,(H,19,21)(H,20,23)/t11-/m0/s1. The number of imidazole rings is 1. The molecule has 1 atom stereocenters. The summed E-state index contributed by atoms with van der Waals surface area (Å²) in [5.41, 5.74) is 3.43. The molecule has 0 aliphatic heterocycles. The molecule has 2 N–H and O–H groups in total. The van der Waals surface area contributed by atoms with Gasteiger partial charge >= 0.3 is 0 Å². The van der Waals surface area contributed by atoms with Gasteiger partial charge in [-0.15, -0.1) is 0 Å². The van der Waals surface area contributed by atoms with Crippen molar-refractivity contribution in [2.75, 3.05) is 0 Å². The molecular formula is C17H19N5O. The number of carbonyl (C=O) groups is 1. The van der Waals surface area contributed by atoms with Gasteiger partial charge in [-0.05, 0) is 38.5 Å². The van der Waals surface area contributed by atoms with Crippen molar-refractivity contribution in [2.24, 2.45) is 0 Å². The van der Waals surface area contributed by atoms with Crippen molar-refractivity contribution >= 4 is 5.91 Å². The highest BCUT2D eigenvalue weighted by molar-refractivity contribution is 5.95. The number of nitrogens with zero attached hydrogens (tertiary/aromatic N) is 3. The van der Waals surface area contributed by atoms with E-state index in [2.05, 4.69) is 20.5 Å². The smallest absolute Gasteiger partial charge is 0.255 e. The van der Waals surface area contributed by atoms with Crippen LogP contribution in [0, 0.1) is 13.8 Å². The van der Waals surface area contributed by atoms with Crippen LogP contribution >= 0.6 is 0 Å². The molecule has 0 saturated heterocycles. The van der Waals surface area contributed by atoms with Gasteiger partial charge < -0.3 is 9.88 Å². The molecule has 23 heavy (non-hydrogen) atoms. The number of benzene rings is 1. The number of H-pyrrole nitrogens is 1. The van der Waals surface area contributed by atoms with Gasteiger partial charge in [-0.2, -0.15) is 5.10 Å². The minimum absolute atomic E-state index is 0.0882. The van der Waals surface area contributed by atoms with Gasteiger partial charge in [-0.1, -0.05) is 12.1 Å². The Bertz CT molecular complexity index is 816. The van der Waals surface area contributed by atoms with Gasteiger partial charge in [0.15, 0.2) is 0 Å². The van der Waals surface area contributed by atoms with Crippen LogP contribution in [0.3, 0.4) is 0 Å². The first-order valence-corrected chi connectivity index (χ1v) is 7.47. The van der Waals surface area contributed by atoms with Crippen LogP contribution in [-0.4, -0.2) is 25.7 Å². The summed E-state index contributed by atoms with van der Waals surface area (Å²) in [6, 6.07) is 7.99. The Hall–Kier alpha value is -2.89. The minimum atomic E-state index is -0.127. The number of aryl methyl sites for hydroxylation is 2. The van der Waals surface area contributed by atoms with Crippen LogP contribution in [0.1, 0.15) is 40.4 Å². The predicted molar refractivity (Wildman–Crippen MR) is 87.5 cm³/mol. The highest BCUT2D eigenvalue weighted by Crippen LogP contribution is 2.17. The number of amides is 1. The average Bonchev–Trinajstić information content (AvgIpc) is 3.15. The molecule has 118 valence electrons. The molecule has 2 aromatic heterocycles. The van der Waals surface area contributed by atoms with Crippen LogP contribution in [0.25, 0.3) is 5.69 Å². The average molecular weight is 309 g/mol. The molecule has 0 fully saturated rings. The normalized spacial score (nSPS) is 12.1. The number of aromatic nitrogens is 4. The molecular weight excluding hydrogens is 290 g/mol. The van der Waals surface area contributed by atoms with Crippen molar-refractivity contribution in [1.82, 2.24) is 25.1 Å². The summed E-state index contributed by atoms with van der Waals surface area (Å²) < 4.78 is 2.02. The van der Waals surface area contributed by atoms with Crippen LogP contribution < -0.4 is 5.32 Å². The summed E-state index contributed by atoms with van der Waals surface area (Å²) in [6.45, 7) is 5.75. The van der Waals surface area contributed by atoms with Gasteiger partial charge in [-0.25, -0.2) is 4.98 Å². The SMILES string of the molecule is Cc1[nH]ncc1C(=O)N[C@@H](C)c1ccc(-n2ccnc2C)cc1. The molecule has 0 spiro atoms. The second kappa shape index (κ2) is 6.08. The van der Waals surface area contributed by atoms with E-state index in [4.69, 9.17) is 0 Å². The molecule has 0 bridgehead atoms. The first-order chi connectivity index (χ1) is 11.1. The fourth-order valence-electron chi connectivity index (χ4n) is 2.51. The Morgan fingerprint density at radius 1 is 1.26 bits per heavy atom. The molecule has 2 heterocycles. The Labute approximate surface area is 134 Å². The topological polar surface area (TPSA) is 75.6 Å². The number of aromatic amines is 1. The number of hydrogen-bond acceptors (Lipinski definition) is 3. The first-order valence-electron chi connectivity index (χ1n) is 7.47. The van der Waals surface area contributed by atoms with E-state index >= 15 is 0 Å². The molecule has 0 saturated carbocycles. The minimum Gasteiger partial charge on any atom is -0.345 e. The van der Waals surface area contributed by atoms with Crippen molar-refractivity contribution < 1.29 is 4.79 Å². The van der Waals surface area contributed by atoms with E-state index in [-0.39, 0.29) is 11.9 Å². The maximum atomic E-state index is 12.2. The van der Waals surface area contributed by atoms with Crippen molar-refractivity contribution in [3.63, 3.8) is 0 Å². The summed E-state index contributed by atoms with van der Waals surface area (Å²) in [7, 11) is 0. The molecule has 6 heteroatoms. The summed E-state index contributed by atoms with van der Waals surface area (Å²) >= 11 is 0. The lowest BCUT2D eigenvalue weighted by Gasteiger charge is -2.15. The monoisotopic (exact) mass is 309 g/mol. The van der Waals surface area contributed by atoms with Crippen molar-refractivity contribution in [3.8, 4) is 5.69 Å². The first kappa shape index (κ1) is 15.0. The largest absolute Gasteiger partial charge is 0.345 e. The van der Waals surface area contributed by atoms with Gasteiger partial charge in [-0.3, -0.25) is 9.89 Å². The zero-order valence-corrected chi connectivity index (χ0v) is 13.4. The van der Waals surface area contributed by atoms with E-state index in [1.165, 1.54) is 0 Å². The molecule has 1 amide bonds.